The molecule has 1 atom stereocenters. The van der Waals surface area contributed by atoms with Gasteiger partial charge in [-0.2, -0.15) is 0 Å². The number of halogens is 1. The summed E-state index contributed by atoms with van der Waals surface area (Å²) in [7, 11) is 0. The molecular formula is C28H30ClN3O2S. The van der Waals surface area contributed by atoms with Gasteiger partial charge in [-0.15, -0.1) is 11.3 Å². The molecule has 2 heterocycles. The SMILES string of the molecule is Clc1ccccc1C(NCCC1=CCCCC1)c1cnc(NC2(c3ccc4c(c3)OCO4)CC2)s1. The Labute approximate surface area is 215 Å². The van der Waals surface area contributed by atoms with Crippen LogP contribution in [0.5, 0.6) is 11.5 Å². The smallest absolute Gasteiger partial charge is 0.231 e. The lowest BCUT2D eigenvalue weighted by Gasteiger charge is -2.20. The summed E-state index contributed by atoms with van der Waals surface area (Å²) >= 11 is 8.34. The molecule has 0 saturated heterocycles. The Morgan fingerprint density at radius 2 is 1.97 bits per heavy atom. The maximum atomic E-state index is 6.64. The summed E-state index contributed by atoms with van der Waals surface area (Å²) in [5.41, 5.74) is 3.81. The number of anilines is 1. The molecule has 2 aliphatic carbocycles. The van der Waals surface area contributed by atoms with Crippen LogP contribution in [-0.4, -0.2) is 18.3 Å². The standard InChI is InChI=1S/C28H30ClN3O2S/c29-22-9-5-4-8-21(22)26(30-15-12-19-6-2-1-3-7-19)25-17-31-27(35-25)32-28(13-14-28)20-10-11-23-24(16-20)34-18-33-23/h4-6,8-11,16-17,26,30H,1-3,7,12-15,18H2,(H,31,32). The Bertz CT molecular complexity index is 1240. The van der Waals surface area contributed by atoms with Crippen molar-refractivity contribution in [1.82, 2.24) is 10.3 Å². The lowest BCUT2D eigenvalue weighted by molar-refractivity contribution is 0.174. The van der Waals surface area contributed by atoms with E-state index in [0.29, 0.717) is 6.79 Å². The van der Waals surface area contributed by atoms with Crippen molar-refractivity contribution in [3.8, 4) is 11.5 Å². The number of hydrogen-bond donors (Lipinski definition) is 2. The monoisotopic (exact) mass is 507 g/mol. The molecule has 1 fully saturated rings. The molecular weight excluding hydrogens is 478 g/mol. The lowest BCUT2D eigenvalue weighted by atomic mass is 9.97. The van der Waals surface area contributed by atoms with E-state index >= 15 is 0 Å². The number of nitrogens with zero attached hydrogens (tertiary/aromatic N) is 1. The van der Waals surface area contributed by atoms with Crippen molar-refractivity contribution >= 4 is 28.1 Å². The number of thiazole rings is 1. The van der Waals surface area contributed by atoms with E-state index in [4.69, 9.17) is 26.1 Å². The van der Waals surface area contributed by atoms with Gasteiger partial charge in [-0.25, -0.2) is 4.98 Å². The topological polar surface area (TPSA) is 55.4 Å². The van der Waals surface area contributed by atoms with Crippen molar-refractivity contribution in [3.63, 3.8) is 0 Å². The van der Waals surface area contributed by atoms with E-state index in [2.05, 4.69) is 41.0 Å². The number of nitrogens with one attached hydrogen (secondary N) is 2. The lowest BCUT2D eigenvalue weighted by Crippen LogP contribution is -2.23. The zero-order chi connectivity index (χ0) is 23.7. The van der Waals surface area contributed by atoms with Gasteiger partial charge in [0.25, 0.3) is 0 Å². The summed E-state index contributed by atoms with van der Waals surface area (Å²) in [5.74, 6) is 1.64. The quantitative estimate of drug-likeness (QED) is 0.300. The van der Waals surface area contributed by atoms with E-state index < -0.39 is 0 Å². The largest absolute Gasteiger partial charge is 0.454 e. The van der Waals surface area contributed by atoms with Crippen LogP contribution in [0.4, 0.5) is 5.13 Å². The molecule has 1 unspecified atom stereocenters. The molecule has 3 aliphatic rings. The van der Waals surface area contributed by atoms with Gasteiger partial charge >= 0.3 is 0 Å². The fraction of sp³-hybridized carbons (Fsp3) is 0.393. The minimum Gasteiger partial charge on any atom is -0.454 e. The second-order valence-corrected chi connectivity index (χ2v) is 11.1. The molecule has 1 aromatic heterocycles. The molecule has 6 rings (SSSR count). The van der Waals surface area contributed by atoms with Crippen LogP contribution in [-0.2, 0) is 5.54 Å². The van der Waals surface area contributed by atoms with Crippen molar-refractivity contribution in [1.29, 1.82) is 0 Å². The predicted molar refractivity (Wildman–Crippen MR) is 142 cm³/mol. The van der Waals surface area contributed by atoms with Crippen LogP contribution >= 0.6 is 22.9 Å². The van der Waals surface area contributed by atoms with Gasteiger partial charge in [0.1, 0.15) is 0 Å². The first-order chi connectivity index (χ1) is 17.2. The maximum Gasteiger partial charge on any atom is 0.231 e. The number of ether oxygens (including phenoxy) is 2. The molecule has 0 bridgehead atoms. The Balaban J connectivity index is 1.20. The molecule has 0 amide bonds. The van der Waals surface area contributed by atoms with Crippen molar-refractivity contribution in [3.05, 3.63) is 81.3 Å². The summed E-state index contributed by atoms with van der Waals surface area (Å²) < 4.78 is 11.1. The number of allylic oxidation sites excluding steroid dienone is 1. The average Bonchev–Trinajstić information content (AvgIpc) is 3.28. The summed E-state index contributed by atoms with van der Waals surface area (Å²) in [5, 5.41) is 9.22. The van der Waals surface area contributed by atoms with E-state index in [1.807, 2.05) is 24.4 Å². The first-order valence-electron chi connectivity index (χ1n) is 12.5. The highest BCUT2D eigenvalue weighted by atomic mass is 35.5. The van der Waals surface area contributed by atoms with E-state index in [9.17, 15) is 0 Å². The third-order valence-electron chi connectivity index (χ3n) is 7.23. The van der Waals surface area contributed by atoms with Gasteiger partial charge in [0.15, 0.2) is 16.6 Å². The first-order valence-corrected chi connectivity index (χ1v) is 13.7. The van der Waals surface area contributed by atoms with E-state index in [-0.39, 0.29) is 11.6 Å². The van der Waals surface area contributed by atoms with Gasteiger partial charge < -0.3 is 20.1 Å². The van der Waals surface area contributed by atoms with Crippen LogP contribution in [0.2, 0.25) is 5.02 Å². The number of aromatic nitrogens is 1. The molecule has 5 nitrogen and oxygen atoms in total. The molecule has 0 spiro atoms. The number of fused-ring (bicyclic) bond motifs is 1. The molecule has 35 heavy (non-hydrogen) atoms. The second-order valence-electron chi connectivity index (χ2n) is 9.61. The highest BCUT2D eigenvalue weighted by molar-refractivity contribution is 7.15. The molecule has 0 radical (unpaired) electrons. The molecule has 1 saturated carbocycles. The normalized spacial score (nSPS) is 18.7. The summed E-state index contributed by atoms with van der Waals surface area (Å²) in [4.78, 5) is 5.94. The van der Waals surface area contributed by atoms with Gasteiger partial charge in [-0.05, 0) is 80.8 Å². The van der Waals surface area contributed by atoms with Gasteiger partial charge in [-0.3, -0.25) is 0 Å². The molecule has 2 aromatic carbocycles. The molecule has 2 N–H and O–H groups in total. The van der Waals surface area contributed by atoms with Gasteiger partial charge in [0.05, 0.1) is 11.6 Å². The minimum absolute atomic E-state index is 0.0154. The number of rotatable bonds is 9. The number of hydrogen-bond acceptors (Lipinski definition) is 6. The maximum absolute atomic E-state index is 6.64. The van der Waals surface area contributed by atoms with Crippen molar-refractivity contribution in [2.45, 2.75) is 56.5 Å². The van der Waals surface area contributed by atoms with E-state index in [0.717, 1.165) is 53.0 Å². The summed E-state index contributed by atoms with van der Waals surface area (Å²) in [6.07, 6.45) is 12.7. The Hall–Kier alpha value is -2.54. The second kappa shape index (κ2) is 9.84. The molecule has 1 aliphatic heterocycles. The number of benzene rings is 2. The molecule has 3 aromatic rings. The van der Waals surface area contributed by atoms with Crippen molar-refractivity contribution in [2.75, 3.05) is 18.7 Å². The highest BCUT2D eigenvalue weighted by Gasteiger charge is 2.45. The fourth-order valence-corrected chi connectivity index (χ4v) is 6.32. The summed E-state index contributed by atoms with van der Waals surface area (Å²) in [6, 6.07) is 14.4. The Morgan fingerprint density at radius 3 is 2.80 bits per heavy atom. The van der Waals surface area contributed by atoms with Crippen LogP contribution in [0.15, 0.2) is 60.3 Å². The van der Waals surface area contributed by atoms with Crippen LogP contribution in [0, 0.1) is 0 Å². The van der Waals surface area contributed by atoms with Crippen LogP contribution in [0.1, 0.15) is 67.0 Å². The zero-order valence-electron chi connectivity index (χ0n) is 19.7. The van der Waals surface area contributed by atoms with E-state index in [1.54, 1.807) is 16.9 Å². The average molecular weight is 508 g/mol. The van der Waals surface area contributed by atoms with Crippen LogP contribution in [0.3, 0.4) is 0 Å². The first kappa shape index (κ1) is 22.9. The zero-order valence-corrected chi connectivity index (χ0v) is 21.3. The highest BCUT2D eigenvalue weighted by Crippen LogP contribution is 2.51. The third-order valence-corrected chi connectivity index (χ3v) is 8.55. The summed E-state index contributed by atoms with van der Waals surface area (Å²) in [6.45, 7) is 1.21. The van der Waals surface area contributed by atoms with Crippen molar-refractivity contribution in [2.24, 2.45) is 0 Å². The van der Waals surface area contributed by atoms with Gasteiger partial charge in [-0.1, -0.05) is 47.5 Å². The molecule has 182 valence electrons. The predicted octanol–water partition coefficient (Wildman–Crippen LogP) is 7.20. The molecule has 7 heteroatoms. The van der Waals surface area contributed by atoms with Crippen molar-refractivity contribution < 1.29 is 9.47 Å². The Kier molecular flexibility index (Phi) is 6.44. The van der Waals surface area contributed by atoms with Crippen LogP contribution < -0.4 is 20.1 Å². The third kappa shape index (κ3) is 4.92. The van der Waals surface area contributed by atoms with E-state index in [1.165, 1.54) is 36.1 Å². The Morgan fingerprint density at radius 1 is 1.09 bits per heavy atom. The van der Waals surface area contributed by atoms with Gasteiger partial charge in [0, 0.05) is 16.1 Å². The van der Waals surface area contributed by atoms with Gasteiger partial charge in [0.2, 0.25) is 6.79 Å². The minimum atomic E-state index is -0.0864. The van der Waals surface area contributed by atoms with Crippen LogP contribution in [0.25, 0.3) is 0 Å². The fourth-order valence-electron chi connectivity index (χ4n) is 5.07.